The normalized spacial score (nSPS) is 43.2. The first-order chi connectivity index (χ1) is 18.6. The number of carbonyl (C=O) groups is 4. The van der Waals surface area contributed by atoms with Crippen molar-refractivity contribution in [3.63, 3.8) is 0 Å². The van der Waals surface area contributed by atoms with Crippen LogP contribution in [0.4, 0.5) is 0 Å². The number of hydrogen-bond donors (Lipinski definition) is 0. The Kier molecular flexibility index (Phi) is 9.56. The predicted octanol–water partition coefficient (Wildman–Crippen LogP) is 6.41. The molecular formula is C31H46Br2O7. The fraction of sp³-hybridized carbons (Fsp3) is 0.871. The molecule has 226 valence electrons. The van der Waals surface area contributed by atoms with E-state index in [1.54, 1.807) is 0 Å². The van der Waals surface area contributed by atoms with Gasteiger partial charge in [-0.3, -0.25) is 19.2 Å². The summed E-state index contributed by atoms with van der Waals surface area (Å²) < 4.78 is 17.7. The number of ketones is 1. The minimum Gasteiger partial charge on any atom is -0.463 e. The molecule has 9 heteroatoms. The number of hydrogen-bond acceptors (Lipinski definition) is 7. The van der Waals surface area contributed by atoms with Gasteiger partial charge in [0.15, 0.2) is 5.78 Å². The van der Waals surface area contributed by atoms with E-state index in [1.165, 1.54) is 13.8 Å². The number of ether oxygens (including phenoxy) is 3. The Hall–Kier alpha value is -0.960. The Balaban J connectivity index is 1.71. The van der Waals surface area contributed by atoms with Crippen molar-refractivity contribution < 1.29 is 33.4 Å². The smallest absolute Gasteiger partial charge is 0.306 e. The van der Waals surface area contributed by atoms with Gasteiger partial charge < -0.3 is 14.2 Å². The zero-order chi connectivity index (χ0) is 29.7. The predicted molar refractivity (Wildman–Crippen MR) is 158 cm³/mol. The second-order valence-corrected chi connectivity index (χ2v) is 15.8. The number of Topliss-reactive ketones (excluding diaryl/α,β-unsaturated/α-hetero) is 1. The highest BCUT2D eigenvalue weighted by Crippen LogP contribution is 2.69. The van der Waals surface area contributed by atoms with Gasteiger partial charge in [-0.25, -0.2) is 0 Å². The molecule has 0 aromatic rings. The number of alkyl halides is 2. The monoisotopic (exact) mass is 688 g/mol. The average molecular weight is 691 g/mol. The summed E-state index contributed by atoms with van der Waals surface area (Å²) in [5, 5.41) is 0. The van der Waals surface area contributed by atoms with Gasteiger partial charge in [-0.05, 0) is 87.4 Å². The van der Waals surface area contributed by atoms with E-state index in [0.717, 1.165) is 12.8 Å². The highest BCUT2D eigenvalue weighted by atomic mass is 79.9. The summed E-state index contributed by atoms with van der Waals surface area (Å²) in [7, 11) is 0. The zero-order valence-electron chi connectivity index (χ0n) is 24.9. The summed E-state index contributed by atoms with van der Waals surface area (Å²) in [5.74, 6) is 0.306. The molecule has 4 aliphatic carbocycles. The van der Waals surface area contributed by atoms with Gasteiger partial charge in [0.05, 0.1) is 15.8 Å². The van der Waals surface area contributed by atoms with Gasteiger partial charge in [-0.1, -0.05) is 52.6 Å². The Labute approximate surface area is 255 Å². The first kappa shape index (κ1) is 32.0. The Morgan fingerprint density at radius 3 is 2.20 bits per heavy atom. The van der Waals surface area contributed by atoms with Gasteiger partial charge in [0.1, 0.15) is 12.2 Å². The van der Waals surface area contributed by atoms with E-state index >= 15 is 0 Å². The van der Waals surface area contributed by atoms with Gasteiger partial charge in [0, 0.05) is 31.6 Å². The maximum atomic E-state index is 13.0. The fourth-order valence-corrected chi connectivity index (χ4v) is 12.0. The van der Waals surface area contributed by atoms with Gasteiger partial charge in [0.2, 0.25) is 0 Å². The third kappa shape index (κ3) is 5.68. The maximum absolute atomic E-state index is 13.0. The molecule has 0 N–H and O–H groups in total. The van der Waals surface area contributed by atoms with E-state index in [2.05, 4.69) is 52.6 Å². The number of halogens is 2. The third-order valence-electron chi connectivity index (χ3n) is 11.1. The second-order valence-electron chi connectivity index (χ2n) is 13.7. The van der Waals surface area contributed by atoms with Crippen molar-refractivity contribution in [3.8, 4) is 0 Å². The van der Waals surface area contributed by atoms with Crippen molar-refractivity contribution in [1.82, 2.24) is 0 Å². The highest BCUT2D eigenvalue weighted by molar-refractivity contribution is 9.10. The molecule has 4 fully saturated rings. The minimum absolute atomic E-state index is 0.0184. The van der Waals surface area contributed by atoms with E-state index in [4.69, 9.17) is 14.2 Å². The van der Waals surface area contributed by atoms with Gasteiger partial charge in [0.25, 0.3) is 0 Å². The van der Waals surface area contributed by atoms with Crippen LogP contribution < -0.4 is 0 Å². The third-order valence-corrected chi connectivity index (χ3v) is 13.0. The van der Waals surface area contributed by atoms with Crippen LogP contribution in [0.2, 0.25) is 0 Å². The molecule has 0 saturated heterocycles. The molecular weight excluding hydrogens is 644 g/mol. The molecule has 0 aromatic heterocycles. The molecule has 0 amide bonds. The van der Waals surface area contributed by atoms with Crippen LogP contribution in [0.25, 0.3) is 0 Å². The SMILES string of the molecule is CC(=O)O[C@H]1CC2C([C@H](OC(C)=O)C[C@@H]3[C@@H](Br)C(=O)[C@@H](Br)C[C@]23C)[C@@H]2CC[C@H]([C@H](C)CCC(=O)OC(C)C)[C@@]12C. The van der Waals surface area contributed by atoms with Gasteiger partial charge in [-0.2, -0.15) is 0 Å². The van der Waals surface area contributed by atoms with Crippen LogP contribution in [0, 0.1) is 46.3 Å². The van der Waals surface area contributed by atoms with Crippen LogP contribution in [-0.2, 0) is 33.4 Å². The Bertz CT molecular complexity index is 1020. The summed E-state index contributed by atoms with van der Waals surface area (Å²) >= 11 is 7.40. The molecule has 0 radical (unpaired) electrons. The Morgan fingerprint density at radius 1 is 0.950 bits per heavy atom. The van der Waals surface area contributed by atoms with E-state index < -0.39 is 0 Å². The lowest BCUT2D eigenvalue weighted by molar-refractivity contribution is -0.218. The topological polar surface area (TPSA) is 96.0 Å². The van der Waals surface area contributed by atoms with Crippen molar-refractivity contribution >= 4 is 55.6 Å². The first-order valence-electron chi connectivity index (χ1n) is 15.0. The molecule has 4 aliphatic rings. The van der Waals surface area contributed by atoms with E-state index in [1.807, 2.05) is 13.8 Å². The molecule has 0 heterocycles. The first-order valence-corrected chi connectivity index (χ1v) is 16.8. The fourth-order valence-electron chi connectivity index (χ4n) is 9.54. The van der Waals surface area contributed by atoms with E-state index in [-0.39, 0.29) is 98.0 Å². The van der Waals surface area contributed by atoms with Crippen LogP contribution >= 0.6 is 31.9 Å². The molecule has 40 heavy (non-hydrogen) atoms. The summed E-state index contributed by atoms with van der Waals surface area (Å²) in [6.07, 6.45) is 4.31. The summed E-state index contributed by atoms with van der Waals surface area (Å²) in [6.45, 7) is 13.4. The zero-order valence-corrected chi connectivity index (χ0v) is 28.1. The summed E-state index contributed by atoms with van der Waals surface area (Å²) in [6, 6.07) is 0. The number of esters is 3. The largest absolute Gasteiger partial charge is 0.463 e. The van der Waals surface area contributed by atoms with E-state index in [0.29, 0.717) is 32.1 Å². The van der Waals surface area contributed by atoms with Crippen LogP contribution in [0.5, 0.6) is 0 Å². The lowest BCUT2D eigenvalue weighted by Gasteiger charge is -2.64. The summed E-state index contributed by atoms with van der Waals surface area (Å²) in [4.78, 5) is 49.7. The number of carbonyl (C=O) groups excluding carboxylic acids is 4. The van der Waals surface area contributed by atoms with Crippen LogP contribution in [0.1, 0.15) is 93.4 Å². The lowest BCUT2D eigenvalue weighted by atomic mass is 9.43. The number of fused-ring (bicyclic) bond motifs is 5. The molecule has 4 saturated carbocycles. The average Bonchev–Trinajstić information content (AvgIpc) is 3.20. The number of rotatable bonds is 7. The molecule has 0 aliphatic heterocycles. The molecule has 7 nitrogen and oxygen atoms in total. The second kappa shape index (κ2) is 12.0. The van der Waals surface area contributed by atoms with Crippen molar-refractivity contribution in [2.45, 2.75) is 121 Å². The molecule has 0 bridgehead atoms. The van der Waals surface area contributed by atoms with Crippen LogP contribution in [-0.4, -0.2) is 51.7 Å². The Morgan fingerprint density at radius 2 is 1.60 bits per heavy atom. The molecule has 0 aromatic carbocycles. The van der Waals surface area contributed by atoms with Crippen LogP contribution in [0.3, 0.4) is 0 Å². The van der Waals surface area contributed by atoms with Crippen molar-refractivity contribution in [2.75, 3.05) is 0 Å². The summed E-state index contributed by atoms with van der Waals surface area (Å²) in [5.41, 5.74) is -0.510. The molecule has 4 rings (SSSR count). The quantitative estimate of drug-likeness (QED) is 0.173. The van der Waals surface area contributed by atoms with Crippen LogP contribution in [0.15, 0.2) is 0 Å². The molecule has 0 spiro atoms. The van der Waals surface area contributed by atoms with Crippen molar-refractivity contribution in [2.24, 2.45) is 46.3 Å². The maximum Gasteiger partial charge on any atom is 0.306 e. The molecule has 2 unspecified atom stereocenters. The van der Waals surface area contributed by atoms with Crippen molar-refractivity contribution in [3.05, 3.63) is 0 Å². The lowest BCUT2D eigenvalue weighted by Crippen LogP contribution is -2.65. The molecule has 12 atom stereocenters. The minimum atomic E-state index is -0.322. The van der Waals surface area contributed by atoms with Crippen molar-refractivity contribution in [1.29, 1.82) is 0 Å². The highest BCUT2D eigenvalue weighted by Gasteiger charge is 2.69. The standard InChI is InChI=1S/C31H46Br2O7/c1-15(2)38-26(36)11-8-16(3)19-9-10-20-27-21(13-25(31(19,20)7)40-18(5)35)30(6)14-23(32)29(37)28(33)22(30)12-24(27)39-17(4)34/h15-16,19-25,27-28H,8-14H2,1-7H3/t16-,19-,20+,21?,22-,23+,24-,25+,27?,28-,30-,31-/m1/s1. The van der Waals surface area contributed by atoms with Gasteiger partial charge >= 0.3 is 17.9 Å². The van der Waals surface area contributed by atoms with E-state index in [9.17, 15) is 19.2 Å². The van der Waals surface area contributed by atoms with Gasteiger partial charge in [-0.15, -0.1) is 0 Å².